The molecule has 2 aromatic carbocycles. The highest BCUT2D eigenvalue weighted by atomic mass is 16.5. The van der Waals surface area contributed by atoms with E-state index >= 15 is 0 Å². The fourth-order valence-electron chi connectivity index (χ4n) is 3.28. The van der Waals surface area contributed by atoms with E-state index in [1.165, 1.54) is 6.92 Å². The molecule has 0 aliphatic rings. The van der Waals surface area contributed by atoms with E-state index in [2.05, 4.69) is 24.1 Å². The van der Waals surface area contributed by atoms with Crippen LogP contribution in [0.15, 0.2) is 45.6 Å². The number of anilines is 1. The molecule has 0 atom stereocenters. The number of benzene rings is 2. The maximum Gasteiger partial charge on any atom is 0.302 e. The molecule has 28 heavy (non-hydrogen) atoms. The Bertz CT molecular complexity index is 1040. The second-order valence-electron chi connectivity index (χ2n) is 6.64. The predicted octanol–water partition coefficient (Wildman–Crippen LogP) is 3.76. The minimum atomic E-state index is -0.377. The van der Waals surface area contributed by atoms with Gasteiger partial charge in [0.15, 0.2) is 0 Å². The average Bonchev–Trinajstić information content (AvgIpc) is 2.70. The number of nitrogens with zero attached hydrogens (tertiary/aromatic N) is 1. The summed E-state index contributed by atoms with van der Waals surface area (Å²) in [7, 11) is 0. The molecule has 0 amide bonds. The van der Waals surface area contributed by atoms with Crippen molar-refractivity contribution in [1.82, 2.24) is 4.90 Å². The highest BCUT2D eigenvalue weighted by Crippen LogP contribution is 2.28. The topological polar surface area (TPSA) is 71.8 Å². The zero-order valence-electron chi connectivity index (χ0n) is 16.6. The molecule has 0 unspecified atom stereocenters. The van der Waals surface area contributed by atoms with Crippen LogP contribution in [-0.2, 0) is 16.1 Å². The molecule has 0 aliphatic carbocycles. The Hall–Kier alpha value is -2.86. The number of hydrogen-bond acceptors (Lipinski definition) is 6. The molecule has 3 rings (SSSR count). The van der Waals surface area contributed by atoms with Crippen LogP contribution in [0.1, 0.15) is 26.3 Å². The smallest absolute Gasteiger partial charge is 0.302 e. The van der Waals surface area contributed by atoms with Crippen LogP contribution < -0.4 is 10.7 Å². The number of rotatable bonds is 8. The van der Waals surface area contributed by atoms with Gasteiger partial charge in [-0.3, -0.25) is 9.59 Å². The molecule has 6 nitrogen and oxygen atoms in total. The van der Waals surface area contributed by atoms with Gasteiger partial charge in [-0.25, -0.2) is 0 Å². The maximum atomic E-state index is 13.2. The second-order valence-corrected chi connectivity index (χ2v) is 6.64. The van der Waals surface area contributed by atoms with Crippen LogP contribution in [0.3, 0.4) is 0 Å². The summed E-state index contributed by atoms with van der Waals surface area (Å²) in [5, 5.41) is 4.40. The van der Waals surface area contributed by atoms with Crippen LogP contribution >= 0.6 is 0 Å². The van der Waals surface area contributed by atoms with Crippen LogP contribution in [-0.4, -0.2) is 37.0 Å². The summed E-state index contributed by atoms with van der Waals surface area (Å²) in [6.45, 7) is 9.23. The van der Waals surface area contributed by atoms with E-state index in [0.29, 0.717) is 34.0 Å². The highest BCUT2D eigenvalue weighted by molar-refractivity contribution is 5.98. The Morgan fingerprint density at radius 2 is 1.89 bits per heavy atom. The number of carbonyl (C=O) groups excluding carboxylic acids is 1. The SMILES string of the molecule is CCN(CC)CCNc1ccc(COC(C)=O)c2oc3ccccc3c(=O)c12. The van der Waals surface area contributed by atoms with E-state index in [1.54, 1.807) is 12.1 Å². The van der Waals surface area contributed by atoms with Crippen molar-refractivity contribution in [3.8, 4) is 0 Å². The van der Waals surface area contributed by atoms with Gasteiger partial charge in [0.25, 0.3) is 0 Å². The van der Waals surface area contributed by atoms with Crippen molar-refractivity contribution in [1.29, 1.82) is 0 Å². The van der Waals surface area contributed by atoms with E-state index in [9.17, 15) is 9.59 Å². The summed E-state index contributed by atoms with van der Waals surface area (Å²) in [5.41, 5.74) is 2.28. The summed E-state index contributed by atoms with van der Waals surface area (Å²) in [6, 6.07) is 10.9. The van der Waals surface area contributed by atoms with Gasteiger partial charge in [-0.05, 0) is 37.4 Å². The normalized spacial score (nSPS) is 11.3. The van der Waals surface area contributed by atoms with Crippen molar-refractivity contribution >= 4 is 33.6 Å². The number of para-hydroxylation sites is 1. The summed E-state index contributed by atoms with van der Waals surface area (Å²) < 4.78 is 11.2. The minimum Gasteiger partial charge on any atom is -0.461 e. The Morgan fingerprint density at radius 3 is 2.61 bits per heavy atom. The zero-order valence-corrected chi connectivity index (χ0v) is 16.6. The molecular weight excluding hydrogens is 356 g/mol. The molecule has 0 aliphatic heterocycles. The molecule has 0 saturated carbocycles. The monoisotopic (exact) mass is 382 g/mol. The molecule has 0 spiro atoms. The minimum absolute atomic E-state index is 0.0623. The van der Waals surface area contributed by atoms with Gasteiger partial charge >= 0.3 is 5.97 Å². The van der Waals surface area contributed by atoms with Crippen molar-refractivity contribution in [2.75, 3.05) is 31.5 Å². The summed E-state index contributed by atoms with van der Waals surface area (Å²) in [4.78, 5) is 26.7. The standard InChI is InChI=1S/C22H26N2O4/c1-4-24(5-2)13-12-23-18-11-10-16(14-27-15(3)25)22-20(18)21(26)17-8-6-7-9-19(17)28-22/h6-11,23H,4-5,12-14H2,1-3H3. The maximum absolute atomic E-state index is 13.2. The lowest BCUT2D eigenvalue weighted by Crippen LogP contribution is -2.28. The number of fused-ring (bicyclic) bond motifs is 2. The fourth-order valence-corrected chi connectivity index (χ4v) is 3.28. The average molecular weight is 382 g/mol. The molecule has 0 fully saturated rings. The van der Waals surface area contributed by atoms with Gasteiger partial charge in [-0.1, -0.05) is 26.0 Å². The van der Waals surface area contributed by atoms with E-state index in [4.69, 9.17) is 9.15 Å². The number of hydrogen-bond donors (Lipinski definition) is 1. The van der Waals surface area contributed by atoms with E-state index < -0.39 is 0 Å². The number of esters is 1. The van der Waals surface area contributed by atoms with Gasteiger partial charge < -0.3 is 19.4 Å². The molecule has 0 bridgehead atoms. The summed E-state index contributed by atoms with van der Waals surface area (Å²) >= 11 is 0. The first-order valence-corrected chi connectivity index (χ1v) is 9.62. The second kappa shape index (κ2) is 8.89. The van der Waals surface area contributed by atoms with Crippen molar-refractivity contribution in [3.63, 3.8) is 0 Å². The molecular formula is C22H26N2O4. The lowest BCUT2D eigenvalue weighted by Gasteiger charge is -2.19. The van der Waals surface area contributed by atoms with Crippen molar-refractivity contribution in [2.24, 2.45) is 0 Å². The first-order valence-electron chi connectivity index (χ1n) is 9.62. The third-order valence-corrected chi connectivity index (χ3v) is 4.88. The molecule has 1 aromatic heterocycles. The van der Waals surface area contributed by atoms with Crippen molar-refractivity contribution in [2.45, 2.75) is 27.4 Å². The third kappa shape index (κ3) is 4.17. The molecule has 1 heterocycles. The third-order valence-electron chi connectivity index (χ3n) is 4.88. The Labute approximate surface area is 164 Å². The first kappa shape index (κ1) is 19.9. The van der Waals surface area contributed by atoms with Crippen LogP contribution in [0.4, 0.5) is 5.69 Å². The summed E-state index contributed by atoms with van der Waals surface area (Å²) in [6.07, 6.45) is 0. The predicted molar refractivity (Wildman–Crippen MR) is 112 cm³/mol. The largest absolute Gasteiger partial charge is 0.461 e. The Balaban J connectivity index is 2.06. The van der Waals surface area contributed by atoms with Gasteiger partial charge in [-0.15, -0.1) is 0 Å². The molecule has 6 heteroatoms. The van der Waals surface area contributed by atoms with Gasteiger partial charge in [0.2, 0.25) is 5.43 Å². The van der Waals surface area contributed by atoms with Crippen LogP contribution in [0, 0.1) is 0 Å². The highest BCUT2D eigenvalue weighted by Gasteiger charge is 2.16. The molecule has 148 valence electrons. The first-order chi connectivity index (χ1) is 13.5. The number of nitrogens with one attached hydrogen (secondary N) is 1. The van der Waals surface area contributed by atoms with Crippen LogP contribution in [0.2, 0.25) is 0 Å². The number of carbonyl (C=O) groups is 1. The molecule has 0 radical (unpaired) electrons. The van der Waals surface area contributed by atoms with Crippen LogP contribution in [0.25, 0.3) is 21.9 Å². The fraction of sp³-hybridized carbons (Fsp3) is 0.364. The Kier molecular flexibility index (Phi) is 6.31. The number of likely N-dealkylation sites (N-methyl/N-ethyl adjacent to an activating group) is 1. The lowest BCUT2D eigenvalue weighted by molar-refractivity contribution is -0.142. The Morgan fingerprint density at radius 1 is 1.14 bits per heavy atom. The zero-order chi connectivity index (χ0) is 20.1. The van der Waals surface area contributed by atoms with Gasteiger partial charge in [0, 0.05) is 31.3 Å². The van der Waals surface area contributed by atoms with Gasteiger partial charge in [0.05, 0.1) is 10.8 Å². The van der Waals surface area contributed by atoms with Crippen LogP contribution in [0.5, 0.6) is 0 Å². The molecule has 1 N–H and O–H groups in total. The molecule has 3 aromatic rings. The summed E-state index contributed by atoms with van der Waals surface area (Å²) in [5.74, 6) is -0.377. The van der Waals surface area contributed by atoms with E-state index in [0.717, 1.165) is 25.3 Å². The lowest BCUT2D eigenvalue weighted by atomic mass is 10.1. The molecule has 0 saturated heterocycles. The van der Waals surface area contributed by atoms with E-state index in [1.807, 2.05) is 24.3 Å². The van der Waals surface area contributed by atoms with E-state index in [-0.39, 0.29) is 18.0 Å². The number of ether oxygens (including phenoxy) is 1. The van der Waals surface area contributed by atoms with Crippen molar-refractivity contribution < 1.29 is 13.9 Å². The van der Waals surface area contributed by atoms with Gasteiger partial charge in [-0.2, -0.15) is 0 Å². The van der Waals surface area contributed by atoms with Gasteiger partial charge in [0.1, 0.15) is 17.8 Å². The van der Waals surface area contributed by atoms with Crippen molar-refractivity contribution in [3.05, 3.63) is 52.2 Å². The quantitative estimate of drug-likeness (QED) is 0.472.